The monoisotopic (exact) mass is 196 g/mol. The first kappa shape index (κ1) is 11.6. The Balaban J connectivity index is 1.81. The topological polar surface area (TPSA) is 18.5 Å². The van der Waals surface area contributed by atoms with Crippen molar-refractivity contribution < 1.29 is 9.47 Å². The fourth-order valence-corrected chi connectivity index (χ4v) is 1.58. The Hall–Kier alpha value is -0.520. The third-order valence-corrected chi connectivity index (χ3v) is 2.36. The maximum absolute atomic E-state index is 5.35. The van der Waals surface area contributed by atoms with Crippen molar-refractivity contribution >= 4 is 0 Å². The molecule has 0 bridgehead atoms. The van der Waals surface area contributed by atoms with Crippen LogP contribution in [0.15, 0.2) is 0 Å². The molecule has 0 saturated carbocycles. The molecule has 1 aliphatic rings. The first-order chi connectivity index (χ1) is 6.93. The van der Waals surface area contributed by atoms with Crippen LogP contribution in [0.1, 0.15) is 45.4 Å². The van der Waals surface area contributed by atoms with Gasteiger partial charge in [0.2, 0.25) is 0 Å². The Morgan fingerprint density at radius 1 is 1.07 bits per heavy atom. The molecule has 0 aliphatic carbocycles. The van der Waals surface area contributed by atoms with Crippen molar-refractivity contribution in [1.82, 2.24) is 0 Å². The lowest BCUT2D eigenvalue weighted by Gasteiger charge is -2.07. The molecule has 0 amide bonds. The Bertz CT molecular complexity index is 184. The molecule has 0 N–H and O–H groups in total. The molecule has 0 radical (unpaired) electrons. The Morgan fingerprint density at radius 3 is 2.50 bits per heavy atom. The van der Waals surface area contributed by atoms with Crippen LogP contribution in [0.25, 0.3) is 0 Å². The smallest absolute Gasteiger partial charge is 0.157 e. The van der Waals surface area contributed by atoms with Gasteiger partial charge in [0.1, 0.15) is 0 Å². The number of rotatable bonds is 6. The summed E-state index contributed by atoms with van der Waals surface area (Å²) in [6.07, 6.45) is 7.19. The van der Waals surface area contributed by atoms with Gasteiger partial charge in [-0.2, -0.15) is 0 Å². The van der Waals surface area contributed by atoms with Crippen molar-refractivity contribution in [3.63, 3.8) is 0 Å². The van der Waals surface area contributed by atoms with Crippen molar-refractivity contribution in [2.75, 3.05) is 13.2 Å². The van der Waals surface area contributed by atoms with E-state index >= 15 is 0 Å². The minimum absolute atomic E-state index is 0.0884. The summed E-state index contributed by atoms with van der Waals surface area (Å²) in [6.45, 7) is 3.45. The molecule has 1 aliphatic heterocycles. The lowest BCUT2D eigenvalue weighted by molar-refractivity contribution is -0.0480. The molecule has 0 atom stereocenters. The van der Waals surface area contributed by atoms with Gasteiger partial charge in [0, 0.05) is 6.42 Å². The number of hydrogen-bond donors (Lipinski definition) is 0. The van der Waals surface area contributed by atoms with Gasteiger partial charge in [-0.05, 0) is 26.2 Å². The quantitative estimate of drug-likeness (QED) is 0.480. The zero-order valence-electron chi connectivity index (χ0n) is 9.05. The van der Waals surface area contributed by atoms with Crippen LogP contribution in [0, 0.1) is 11.8 Å². The molecule has 0 unspecified atom stereocenters. The molecule has 1 saturated heterocycles. The number of unbranched alkanes of at least 4 members (excludes halogenated alkanes) is 4. The van der Waals surface area contributed by atoms with E-state index in [0.717, 1.165) is 26.1 Å². The van der Waals surface area contributed by atoms with E-state index in [-0.39, 0.29) is 6.29 Å². The standard InChI is InChI=1S/C12H20O2/c1-2-3-4-5-6-7-8-9-12-13-10-11-14-12/h12H,4-11H2,1H3. The molecule has 1 rings (SSSR count). The molecule has 2 nitrogen and oxygen atoms in total. The van der Waals surface area contributed by atoms with E-state index in [0.29, 0.717) is 0 Å². The molecular weight excluding hydrogens is 176 g/mol. The van der Waals surface area contributed by atoms with Crippen molar-refractivity contribution in [2.45, 2.75) is 51.7 Å². The number of hydrogen-bond acceptors (Lipinski definition) is 2. The van der Waals surface area contributed by atoms with Crippen molar-refractivity contribution in [3.05, 3.63) is 0 Å². The Kier molecular flexibility index (Phi) is 6.47. The summed E-state index contributed by atoms with van der Waals surface area (Å²) < 4.78 is 10.7. The van der Waals surface area contributed by atoms with E-state index < -0.39 is 0 Å². The van der Waals surface area contributed by atoms with E-state index in [1.54, 1.807) is 0 Å². The fourth-order valence-electron chi connectivity index (χ4n) is 1.58. The van der Waals surface area contributed by atoms with Gasteiger partial charge in [0.05, 0.1) is 13.2 Å². The zero-order valence-corrected chi connectivity index (χ0v) is 9.05. The second-order valence-electron chi connectivity index (χ2n) is 3.55. The highest BCUT2D eigenvalue weighted by atomic mass is 16.7. The minimum Gasteiger partial charge on any atom is -0.350 e. The third kappa shape index (κ3) is 5.26. The van der Waals surface area contributed by atoms with E-state index in [9.17, 15) is 0 Å². The highest BCUT2D eigenvalue weighted by Gasteiger charge is 2.14. The Labute approximate surface area is 87.0 Å². The molecular formula is C12H20O2. The van der Waals surface area contributed by atoms with Crippen LogP contribution < -0.4 is 0 Å². The highest BCUT2D eigenvalue weighted by Crippen LogP contribution is 2.13. The predicted molar refractivity (Wildman–Crippen MR) is 56.8 cm³/mol. The van der Waals surface area contributed by atoms with Crippen LogP contribution in [0.5, 0.6) is 0 Å². The van der Waals surface area contributed by atoms with Gasteiger partial charge in [-0.15, -0.1) is 11.8 Å². The first-order valence-corrected chi connectivity index (χ1v) is 5.56. The van der Waals surface area contributed by atoms with Gasteiger partial charge in [0.25, 0.3) is 0 Å². The van der Waals surface area contributed by atoms with E-state index in [4.69, 9.17) is 9.47 Å². The third-order valence-electron chi connectivity index (χ3n) is 2.36. The van der Waals surface area contributed by atoms with E-state index in [1.165, 1.54) is 25.7 Å². The van der Waals surface area contributed by atoms with Crippen molar-refractivity contribution in [3.8, 4) is 11.8 Å². The summed E-state index contributed by atoms with van der Waals surface area (Å²) in [5.41, 5.74) is 0. The summed E-state index contributed by atoms with van der Waals surface area (Å²) in [7, 11) is 0. The lowest BCUT2D eigenvalue weighted by atomic mass is 10.1. The largest absolute Gasteiger partial charge is 0.350 e. The van der Waals surface area contributed by atoms with Gasteiger partial charge >= 0.3 is 0 Å². The molecule has 0 aromatic rings. The summed E-state index contributed by atoms with van der Waals surface area (Å²) in [6, 6.07) is 0. The average molecular weight is 196 g/mol. The molecule has 0 aromatic carbocycles. The van der Waals surface area contributed by atoms with E-state index in [2.05, 4.69) is 11.8 Å². The van der Waals surface area contributed by atoms with Gasteiger partial charge < -0.3 is 9.47 Å². The van der Waals surface area contributed by atoms with Crippen LogP contribution in [0.3, 0.4) is 0 Å². The molecule has 2 heteroatoms. The van der Waals surface area contributed by atoms with Gasteiger partial charge in [-0.3, -0.25) is 0 Å². The second-order valence-corrected chi connectivity index (χ2v) is 3.55. The maximum Gasteiger partial charge on any atom is 0.157 e. The predicted octanol–water partition coefficient (Wildman–Crippen LogP) is 2.72. The van der Waals surface area contributed by atoms with Crippen LogP contribution in [-0.2, 0) is 9.47 Å². The zero-order chi connectivity index (χ0) is 10.1. The first-order valence-electron chi connectivity index (χ1n) is 5.56. The average Bonchev–Trinajstić information content (AvgIpc) is 2.69. The summed E-state index contributed by atoms with van der Waals surface area (Å²) >= 11 is 0. The fraction of sp³-hybridized carbons (Fsp3) is 0.833. The van der Waals surface area contributed by atoms with Gasteiger partial charge in [-0.25, -0.2) is 0 Å². The van der Waals surface area contributed by atoms with Crippen LogP contribution in [0.2, 0.25) is 0 Å². The summed E-state index contributed by atoms with van der Waals surface area (Å²) in [5.74, 6) is 5.99. The molecule has 14 heavy (non-hydrogen) atoms. The molecule has 1 heterocycles. The van der Waals surface area contributed by atoms with E-state index in [1.807, 2.05) is 6.92 Å². The Morgan fingerprint density at radius 2 is 1.79 bits per heavy atom. The summed E-state index contributed by atoms with van der Waals surface area (Å²) in [4.78, 5) is 0. The van der Waals surface area contributed by atoms with Gasteiger partial charge in [-0.1, -0.05) is 12.8 Å². The maximum atomic E-state index is 5.35. The van der Waals surface area contributed by atoms with Crippen molar-refractivity contribution in [2.24, 2.45) is 0 Å². The SMILES string of the molecule is CC#CCCCCCCC1OCCO1. The van der Waals surface area contributed by atoms with Crippen LogP contribution in [-0.4, -0.2) is 19.5 Å². The van der Waals surface area contributed by atoms with Gasteiger partial charge in [0.15, 0.2) is 6.29 Å². The highest BCUT2D eigenvalue weighted by molar-refractivity contribution is 4.94. The second kappa shape index (κ2) is 7.84. The molecule has 0 aromatic heterocycles. The molecule has 80 valence electrons. The number of ether oxygens (including phenoxy) is 2. The minimum atomic E-state index is 0.0884. The lowest BCUT2D eigenvalue weighted by Crippen LogP contribution is -2.06. The van der Waals surface area contributed by atoms with Crippen LogP contribution in [0.4, 0.5) is 0 Å². The van der Waals surface area contributed by atoms with Crippen molar-refractivity contribution in [1.29, 1.82) is 0 Å². The molecule has 0 spiro atoms. The van der Waals surface area contributed by atoms with Crippen LogP contribution >= 0.6 is 0 Å². The molecule has 1 fully saturated rings. The normalized spacial score (nSPS) is 16.6. The summed E-state index contributed by atoms with van der Waals surface area (Å²) in [5, 5.41) is 0.